The lowest BCUT2D eigenvalue weighted by Gasteiger charge is -2.61. The van der Waals surface area contributed by atoms with Crippen LogP contribution in [0.25, 0.3) is 0 Å². The van der Waals surface area contributed by atoms with Gasteiger partial charge >= 0.3 is 0 Å². The van der Waals surface area contributed by atoms with E-state index in [4.69, 9.17) is 5.11 Å². The van der Waals surface area contributed by atoms with Gasteiger partial charge in [0, 0.05) is 18.4 Å². The topological polar surface area (TPSA) is 57.5 Å². The molecule has 4 aliphatic rings. The van der Waals surface area contributed by atoms with Gasteiger partial charge in [-0.05, 0) is 93.3 Å². The summed E-state index contributed by atoms with van der Waals surface area (Å²) in [5, 5.41) is 20.2. The first-order valence-corrected chi connectivity index (χ1v) is 10.7. The number of fused-ring (bicyclic) bond motifs is 5. The number of Topliss-reactive ketones (excluding diaryl/α,β-unsaturated/α-hetero) is 1. The third-order valence-electron chi connectivity index (χ3n) is 9.33. The summed E-state index contributed by atoms with van der Waals surface area (Å²) in [6.45, 7) is 4.94. The van der Waals surface area contributed by atoms with Crippen LogP contribution < -0.4 is 0 Å². The average molecular weight is 349 g/mol. The summed E-state index contributed by atoms with van der Waals surface area (Å²) in [5.74, 6) is 3.25. The van der Waals surface area contributed by atoms with E-state index in [0.717, 1.165) is 56.8 Å². The van der Waals surface area contributed by atoms with Crippen LogP contribution in [0.15, 0.2) is 0 Å². The van der Waals surface area contributed by atoms with Crippen molar-refractivity contribution >= 4 is 5.78 Å². The summed E-state index contributed by atoms with van der Waals surface area (Å²) >= 11 is 0. The van der Waals surface area contributed by atoms with Crippen molar-refractivity contribution in [2.75, 3.05) is 6.61 Å². The minimum Gasteiger partial charge on any atom is -0.396 e. The van der Waals surface area contributed by atoms with Crippen molar-refractivity contribution in [3.8, 4) is 0 Å². The van der Waals surface area contributed by atoms with E-state index in [2.05, 4.69) is 13.8 Å². The summed E-state index contributed by atoms with van der Waals surface area (Å²) < 4.78 is 0. The Morgan fingerprint density at radius 3 is 2.60 bits per heavy atom. The summed E-state index contributed by atoms with van der Waals surface area (Å²) in [6, 6.07) is 0. The maximum Gasteiger partial charge on any atom is 0.139 e. The fraction of sp³-hybridized carbons (Fsp3) is 0.955. The van der Waals surface area contributed by atoms with Crippen molar-refractivity contribution in [3.05, 3.63) is 0 Å². The van der Waals surface area contributed by atoms with Gasteiger partial charge in [0.15, 0.2) is 0 Å². The molecule has 0 aliphatic heterocycles. The van der Waals surface area contributed by atoms with Crippen LogP contribution in [0.3, 0.4) is 0 Å². The molecule has 0 amide bonds. The molecule has 0 aromatic heterocycles. The molecule has 1 unspecified atom stereocenters. The van der Waals surface area contributed by atoms with E-state index in [1.54, 1.807) is 0 Å². The minimum absolute atomic E-state index is 0.0269. The van der Waals surface area contributed by atoms with Crippen LogP contribution in [-0.2, 0) is 4.79 Å². The molecule has 0 saturated heterocycles. The van der Waals surface area contributed by atoms with Crippen molar-refractivity contribution in [3.63, 3.8) is 0 Å². The average Bonchev–Trinajstić information content (AvgIpc) is 2.89. The Morgan fingerprint density at radius 2 is 1.84 bits per heavy atom. The van der Waals surface area contributed by atoms with Crippen molar-refractivity contribution in [1.29, 1.82) is 0 Å². The van der Waals surface area contributed by atoms with Gasteiger partial charge in [0.05, 0.1) is 5.60 Å². The molecule has 3 nitrogen and oxygen atoms in total. The summed E-state index contributed by atoms with van der Waals surface area (Å²) in [6.07, 6.45) is 11.1. The minimum atomic E-state index is -0.549. The molecule has 3 heteroatoms. The molecule has 0 spiro atoms. The number of hydrogen-bond donors (Lipinski definition) is 2. The molecular formula is C22H36O3. The van der Waals surface area contributed by atoms with Crippen LogP contribution in [-0.4, -0.2) is 28.2 Å². The number of rotatable bonds is 3. The van der Waals surface area contributed by atoms with Crippen molar-refractivity contribution < 1.29 is 15.0 Å². The smallest absolute Gasteiger partial charge is 0.139 e. The Morgan fingerprint density at radius 1 is 1.04 bits per heavy atom. The van der Waals surface area contributed by atoms with Gasteiger partial charge in [0.1, 0.15) is 5.78 Å². The standard InChI is InChI=1S/C22H36O3/c1-20-11-12-22(25,9-3-13-23)14-15(20)4-5-16-17-6-7-19(24)21(17,2)10-8-18(16)20/h15-18,23,25H,3-14H2,1-2H3/t15?,16-,17-,18-,20-,21-,22-/m0/s1. The third kappa shape index (κ3) is 2.64. The molecule has 4 fully saturated rings. The quantitative estimate of drug-likeness (QED) is 0.807. The van der Waals surface area contributed by atoms with E-state index in [9.17, 15) is 9.90 Å². The van der Waals surface area contributed by atoms with Gasteiger partial charge in [0.25, 0.3) is 0 Å². The lowest BCUT2D eigenvalue weighted by atomic mass is 9.44. The first-order valence-electron chi connectivity index (χ1n) is 10.7. The Balaban J connectivity index is 1.54. The van der Waals surface area contributed by atoms with E-state index in [1.165, 1.54) is 19.3 Å². The summed E-state index contributed by atoms with van der Waals surface area (Å²) in [4.78, 5) is 12.5. The predicted molar refractivity (Wildman–Crippen MR) is 98.0 cm³/mol. The molecule has 0 heterocycles. The summed E-state index contributed by atoms with van der Waals surface area (Å²) in [7, 11) is 0. The normalized spacial score (nSPS) is 52.4. The first-order chi connectivity index (χ1) is 11.8. The SMILES string of the molecule is C[C@]12CC[C@@](O)(CCCO)CC1CC[C@@H]1[C@@H]2CC[C@]2(C)C(=O)CC[C@@H]12. The van der Waals surface area contributed by atoms with Gasteiger partial charge in [-0.2, -0.15) is 0 Å². The Labute approximate surface area is 152 Å². The Bertz CT molecular complexity index is 545. The lowest BCUT2D eigenvalue weighted by Crippen LogP contribution is -2.56. The Kier molecular flexibility index (Phi) is 4.35. The maximum absolute atomic E-state index is 12.5. The largest absolute Gasteiger partial charge is 0.396 e. The first kappa shape index (κ1) is 18.0. The number of hydrogen-bond acceptors (Lipinski definition) is 3. The van der Waals surface area contributed by atoms with E-state index < -0.39 is 5.60 Å². The molecule has 0 radical (unpaired) electrons. The molecular weight excluding hydrogens is 312 g/mol. The highest BCUT2D eigenvalue weighted by atomic mass is 16.3. The highest BCUT2D eigenvalue weighted by molar-refractivity contribution is 5.87. The second-order valence-electron chi connectivity index (χ2n) is 10.3. The molecule has 0 bridgehead atoms. The van der Waals surface area contributed by atoms with Gasteiger partial charge in [-0.15, -0.1) is 0 Å². The van der Waals surface area contributed by atoms with Gasteiger partial charge in [-0.1, -0.05) is 13.8 Å². The molecule has 25 heavy (non-hydrogen) atoms. The van der Waals surface area contributed by atoms with Gasteiger partial charge in [0.2, 0.25) is 0 Å². The number of carbonyl (C=O) groups excluding carboxylic acids is 1. The third-order valence-corrected chi connectivity index (χ3v) is 9.33. The maximum atomic E-state index is 12.5. The van der Waals surface area contributed by atoms with Crippen LogP contribution in [0.2, 0.25) is 0 Å². The molecule has 0 aromatic carbocycles. The second kappa shape index (κ2) is 6.05. The van der Waals surface area contributed by atoms with Crippen LogP contribution in [0.1, 0.15) is 84.5 Å². The number of carbonyl (C=O) groups is 1. The zero-order valence-electron chi connectivity index (χ0n) is 16.1. The van der Waals surface area contributed by atoms with E-state index in [0.29, 0.717) is 29.5 Å². The van der Waals surface area contributed by atoms with Crippen molar-refractivity contribution in [2.45, 2.75) is 90.1 Å². The second-order valence-corrected chi connectivity index (χ2v) is 10.3. The van der Waals surface area contributed by atoms with Crippen molar-refractivity contribution in [1.82, 2.24) is 0 Å². The van der Waals surface area contributed by atoms with Crippen LogP contribution in [0, 0.1) is 34.5 Å². The molecule has 0 aromatic rings. The molecule has 7 atom stereocenters. The Hall–Kier alpha value is -0.410. The molecule has 4 aliphatic carbocycles. The lowest BCUT2D eigenvalue weighted by molar-refractivity contribution is -0.155. The molecule has 4 rings (SSSR count). The van der Waals surface area contributed by atoms with E-state index >= 15 is 0 Å². The molecule has 142 valence electrons. The fourth-order valence-electron chi connectivity index (χ4n) is 7.73. The number of aliphatic hydroxyl groups is 2. The van der Waals surface area contributed by atoms with Gasteiger partial charge in [-0.25, -0.2) is 0 Å². The highest BCUT2D eigenvalue weighted by Gasteiger charge is 2.61. The van der Waals surface area contributed by atoms with Crippen LogP contribution in [0.5, 0.6) is 0 Å². The fourth-order valence-corrected chi connectivity index (χ4v) is 7.73. The number of aliphatic hydroxyl groups excluding tert-OH is 1. The van der Waals surface area contributed by atoms with Crippen LogP contribution >= 0.6 is 0 Å². The van der Waals surface area contributed by atoms with E-state index in [1.807, 2.05) is 0 Å². The van der Waals surface area contributed by atoms with E-state index in [-0.39, 0.29) is 12.0 Å². The van der Waals surface area contributed by atoms with Gasteiger partial charge in [-0.3, -0.25) is 4.79 Å². The molecule has 4 saturated carbocycles. The number of ketones is 1. The van der Waals surface area contributed by atoms with Crippen LogP contribution in [0.4, 0.5) is 0 Å². The predicted octanol–water partition coefficient (Wildman–Crippen LogP) is 4.10. The zero-order chi connectivity index (χ0) is 17.9. The van der Waals surface area contributed by atoms with Crippen molar-refractivity contribution in [2.24, 2.45) is 34.5 Å². The molecule has 2 N–H and O–H groups in total. The van der Waals surface area contributed by atoms with Gasteiger partial charge < -0.3 is 10.2 Å². The zero-order valence-corrected chi connectivity index (χ0v) is 16.1. The monoisotopic (exact) mass is 348 g/mol. The summed E-state index contributed by atoms with van der Waals surface area (Å²) in [5.41, 5.74) is -0.228. The highest BCUT2D eigenvalue weighted by Crippen LogP contribution is 2.66.